The number of hydrogen-bond acceptors (Lipinski definition) is 24. The standard InChI is InChI=1S/C14H13NO2.C14H15NO2.C13H14N2.C13H11NO.C12H12N2.2C12H11NO2.2C11H10N2O/c1-17-13-7-5-10(6-8-13)14(16)11-3-2-4-12(15)9-11;15-12-6-7-14(17-9-8-16)13(10-12)11-4-2-1-3-5-11;1-15-13-8-7-11(14)9-12(13)10-5-3-2-4-6-10;14-12-8-4-7-11(9-12)13(15)10-5-2-1-3-6-10;13-10-6-7-12(14)11(8-10)9-4-2-1-3-5-9;13-9-4-6-11(7-5-9)15-12-3-1-2-10(14)8-12;13-10-6-9(11(14)7-12(10)15)8-4-2-1-3-5-8;12-9-1-2-11(14)10(7-9)8-3-5-13-6-4-8;12-8-4-5-11(14)9(7-8)10-3-1-2-6-13-10/h2-9H,15H2,1H3;1-7,10,16H,8-9,15H2;2-9,15H,14H2,1H3;1-9H,14H2;1-8H,13-14H2;1-8,14H,13H2;1-7,14-15H,13H2;2*1-7,14H,12H2. The highest BCUT2D eigenvalue weighted by atomic mass is 16.5. The van der Waals surface area contributed by atoms with Crippen LogP contribution >= 0.6 is 0 Å². The molecule has 27 N–H and O–H groups in total. The molecule has 0 saturated carbocycles. The summed E-state index contributed by atoms with van der Waals surface area (Å²) in [6.07, 6.45) is 5.04. The van der Waals surface area contributed by atoms with Crippen LogP contribution in [-0.2, 0) is 0 Å². The number of nitrogen functional groups attached to an aromatic ring is 10. The van der Waals surface area contributed by atoms with E-state index in [4.69, 9.17) is 76.7 Å². The van der Waals surface area contributed by atoms with Gasteiger partial charge in [-0.2, -0.15) is 0 Å². The highest BCUT2D eigenvalue weighted by Gasteiger charge is 2.15. The Labute approximate surface area is 789 Å². The predicted octanol–water partition coefficient (Wildman–Crippen LogP) is 22.0. The third kappa shape index (κ3) is 31.0. The number of ketones is 2. The fraction of sp³-hybridized carbons (Fsp3) is 0.0357. The lowest BCUT2D eigenvalue weighted by Gasteiger charge is -2.11. The average Bonchev–Trinajstić information content (AvgIpc) is 0.823. The molecule has 0 aliphatic rings. The van der Waals surface area contributed by atoms with Gasteiger partial charge in [-0.15, -0.1) is 0 Å². The first-order valence-electron chi connectivity index (χ1n) is 42.5. The minimum absolute atomic E-state index is 0.00138. The number of pyridine rings is 2. The molecular formula is C112H107N13O11. The summed E-state index contributed by atoms with van der Waals surface area (Å²) in [7, 11) is 3.51. The molecule has 0 radical (unpaired) electrons. The fourth-order valence-electron chi connectivity index (χ4n) is 13.0. The summed E-state index contributed by atoms with van der Waals surface area (Å²) >= 11 is 0. The Morgan fingerprint density at radius 3 is 1.23 bits per heavy atom. The molecule has 24 nitrogen and oxygen atoms in total. The monoisotopic (exact) mass is 1810 g/mol. The van der Waals surface area contributed by atoms with Crippen LogP contribution in [0.25, 0.3) is 66.9 Å². The maximum atomic E-state index is 12.1. The molecule has 0 aliphatic heterocycles. The van der Waals surface area contributed by atoms with Crippen molar-refractivity contribution >= 4 is 74.1 Å². The van der Waals surface area contributed by atoms with Crippen LogP contribution in [0.5, 0.6) is 51.7 Å². The molecule has 0 fully saturated rings. The highest BCUT2D eigenvalue weighted by Crippen LogP contribution is 2.38. The van der Waals surface area contributed by atoms with Crippen molar-refractivity contribution in [3.8, 4) is 119 Å². The molecule has 24 heteroatoms. The maximum Gasteiger partial charge on any atom is 0.193 e. The van der Waals surface area contributed by atoms with Crippen molar-refractivity contribution in [2.24, 2.45) is 0 Å². The first-order valence-corrected chi connectivity index (χ1v) is 42.5. The van der Waals surface area contributed by atoms with Crippen LogP contribution in [0.4, 0.5) is 62.6 Å². The number of ether oxygens (including phenoxy) is 3. The van der Waals surface area contributed by atoms with E-state index >= 15 is 0 Å². The van der Waals surface area contributed by atoms with Crippen LogP contribution in [0.15, 0.2) is 425 Å². The van der Waals surface area contributed by atoms with Gasteiger partial charge in [0.2, 0.25) is 0 Å². The maximum absolute atomic E-state index is 12.1. The van der Waals surface area contributed by atoms with Gasteiger partial charge in [-0.3, -0.25) is 19.6 Å². The molecule has 18 rings (SSSR count). The minimum Gasteiger partial charge on any atom is -0.508 e. The van der Waals surface area contributed by atoms with E-state index in [1.54, 1.807) is 208 Å². The van der Waals surface area contributed by atoms with Gasteiger partial charge in [0, 0.05) is 150 Å². The van der Waals surface area contributed by atoms with Crippen molar-refractivity contribution in [1.29, 1.82) is 0 Å². The van der Waals surface area contributed by atoms with E-state index in [0.717, 1.165) is 84.5 Å². The van der Waals surface area contributed by atoms with Crippen molar-refractivity contribution in [2.75, 3.05) is 90.0 Å². The predicted molar refractivity (Wildman–Crippen MR) is 554 cm³/mol. The molecule has 2 aromatic heterocycles. The number of aliphatic hydroxyl groups is 1. The smallest absolute Gasteiger partial charge is 0.193 e. The van der Waals surface area contributed by atoms with E-state index in [2.05, 4.69) is 27.4 Å². The van der Waals surface area contributed by atoms with Gasteiger partial charge in [0.05, 0.1) is 25.1 Å². The number of rotatable bonds is 17. The zero-order chi connectivity index (χ0) is 97.1. The Morgan fingerprint density at radius 2 is 0.713 bits per heavy atom. The van der Waals surface area contributed by atoms with Crippen LogP contribution in [0.1, 0.15) is 31.8 Å². The molecule has 16 aromatic carbocycles. The summed E-state index contributed by atoms with van der Waals surface area (Å²) in [6.45, 7) is 0.280. The van der Waals surface area contributed by atoms with Gasteiger partial charge in [0.25, 0.3) is 0 Å². The molecule has 0 amide bonds. The molecule has 0 spiro atoms. The van der Waals surface area contributed by atoms with Gasteiger partial charge in [-0.05, 0) is 234 Å². The zero-order valence-corrected chi connectivity index (χ0v) is 74.7. The Bertz CT molecular complexity index is 6580. The quantitative estimate of drug-likeness (QED) is 0.0174. The van der Waals surface area contributed by atoms with E-state index in [-0.39, 0.29) is 59.2 Å². The molecule has 0 bridgehead atoms. The van der Waals surface area contributed by atoms with Crippen molar-refractivity contribution in [1.82, 2.24) is 9.97 Å². The number of carbonyl (C=O) groups is 2. The highest BCUT2D eigenvalue weighted by molar-refractivity contribution is 6.10. The van der Waals surface area contributed by atoms with E-state index in [9.17, 15) is 35.1 Å². The number of nitrogens with zero attached hydrogens (tertiary/aromatic N) is 2. The number of benzene rings is 16. The summed E-state index contributed by atoms with van der Waals surface area (Å²) in [5.41, 5.74) is 77.7. The van der Waals surface area contributed by atoms with E-state index < -0.39 is 0 Å². The van der Waals surface area contributed by atoms with Gasteiger partial charge in [0.1, 0.15) is 58.4 Å². The first-order chi connectivity index (χ1) is 65.8. The van der Waals surface area contributed by atoms with Gasteiger partial charge >= 0.3 is 0 Å². The minimum atomic E-state index is -0.104. The first kappa shape index (κ1) is 99.5. The Hall–Kier alpha value is -18.7. The topological polar surface area (TPSA) is 481 Å². The summed E-state index contributed by atoms with van der Waals surface area (Å²) in [6, 6.07) is 122. The number of aliphatic hydroxyl groups excluding tert-OH is 1. The molecule has 136 heavy (non-hydrogen) atoms. The van der Waals surface area contributed by atoms with E-state index in [0.29, 0.717) is 79.0 Å². The van der Waals surface area contributed by atoms with Crippen LogP contribution < -0.4 is 76.9 Å². The second kappa shape index (κ2) is 51.5. The summed E-state index contributed by atoms with van der Waals surface area (Å²) in [4.78, 5) is 32.1. The number of phenols is 5. The van der Waals surface area contributed by atoms with Crippen LogP contribution in [0, 0.1) is 0 Å². The summed E-state index contributed by atoms with van der Waals surface area (Å²) < 4.78 is 16.0. The second-order valence-electron chi connectivity index (χ2n) is 29.8. The molecule has 0 atom stereocenters. The summed E-state index contributed by atoms with van der Waals surface area (Å²) in [5, 5.41) is 59.3. The van der Waals surface area contributed by atoms with E-state index in [1.807, 2.05) is 213 Å². The van der Waals surface area contributed by atoms with E-state index in [1.165, 1.54) is 11.6 Å². The van der Waals surface area contributed by atoms with Gasteiger partial charge in [-0.25, -0.2) is 0 Å². The van der Waals surface area contributed by atoms with Crippen molar-refractivity contribution in [2.45, 2.75) is 0 Å². The third-order valence-corrected chi connectivity index (χ3v) is 19.8. The fourth-order valence-corrected chi connectivity index (χ4v) is 13.0. The molecular weight excluding hydrogens is 1700 g/mol. The number of nitrogens with two attached hydrogens (primary N) is 10. The lowest BCUT2D eigenvalue weighted by molar-refractivity contribution is 0.103. The number of hydrogen-bond donors (Lipinski definition) is 17. The molecule has 18 aromatic rings. The SMILES string of the molecule is CNc1ccc(N)cc1-c1ccccc1.COc1ccc(C(=O)c2cccc(N)c2)cc1.Nc1cc(-c2ccccc2)c(O)cc1O.Nc1ccc(N)c(-c2ccccc2)c1.Nc1ccc(O)c(-c2ccccn2)c1.Nc1ccc(O)c(-c2ccncc2)c1.Nc1ccc(OCCO)c(-c2ccccc2)c1.Nc1ccc(Oc2cccc(O)c2)cc1.Nc1cccc(C(=O)c2ccccc2)c1. The van der Waals surface area contributed by atoms with Gasteiger partial charge in [-0.1, -0.05) is 188 Å². The lowest BCUT2D eigenvalue weighted by Crippen LogP contribution is -2.03. The Kier molecular flexibility index (Phi) is 37.7. The Balaban J connectivity index is 0.000000158. The van der Waals surface area contributed by atoms with Crippen LogP contribution in [0.3, 0.4) is 0 Å². The van der Waals surface area contributed by atoms with Crippen LogP contribution in [-0.4, -0.2) is 79.5 Å². The number of phenolic OH excluding ortho intramolecular Hbond substituents is 5. The summed E-state index contributed by atoms with van der Waals surface area (Å²) in [5.74, 6) is 3.23. The second-order valence-corrected chi connectivity index (χ2v) is 29.8. The van der Waals surface area contributed by atoms with Crippen molar-refractivity contribution in [3.63, 3.8) is 0 Å². The number of methoxy groups -OCH3 is 1. The number of carbonyl (C=O) groups excluding carboxylic acids is 2. The molecule has 0 saturated heterocycles. The number of aromatic hydroxyl groups is 5. The number of anilines is 11. The normalized spacial score (nSPS) is 9.99. The van der Waals surface area contributed by atoms with Crippen molar-refractivity contribution < 1.29 is 54.4 Å². The largest absolute Gasteiger partial charge is 0.508 e. The van der Waals surface area contributed by atoms with Gasteiger partial charge < -0.3 is 108 Å². The van der Waals surface area contributed by atoms with Crippen molar-refractivity contribution in [3.05, 3.63) is 447 Å². The zero-order valence-electron chi connectivity index (χ0n) is 74.7. The van der Waals surface area contributed by atoms with Gasteiger partial charge in [0.15, 0.2) is 11.6 Å². The number of aromatic nitrogens is 2. The molecule has 686 valence electrons. The molecule has 2 heterocycles. The lowest BCUT2D eigenvalue weighted by atomic mass is 10.0. The number of nitrogens with one attached hydrogen (secondary N) is 1. The van der Waals surface area contributed by atoms with Crippen LogP contribution in [0.2, 0.25) is 0 Å². The Morgan fingerprint density at radius 1 is 0.301 bits per heavy atom. The molecule has 0 unspecified atom stereocenters. The average molecular weight is 1810 g/mol. The third-order valence-electron chi connectivity index (χ3n) is 19.8. The molecule has 0 aliphatic carbocycles.